The van der Waals surface area contributed by atoms with Gasteiger partial charge in [0, 0.05) is 16.2 Å². The molecule has 0 bridgehead atoms. The van der Waals surface area contributed by atoms with Crippen LogP contribution < -0.4 is 5.73 Å². The van der Waals surface area contributed by atoms with Gasteiger partial charge in [-0.05, 0) is 39.7 Å². The number of carbonyl (C=O) groups is 1. The van der Waals surface area contributed by atoms with Gasteiger partial charge in [0.05, 0.1) is 0 Å². The van der Waals surface area contributed by atoms with Crippen molar-refractivity contribution in [1.29, 1.82) is 0 Å². The zero-order valence-electron chi connectivity index (χ0n) is 6.70. The van der Waals surface area contributed by atoms with Crippen LogP contribution in [0.2, 0.25) is 0 Å². The molecule has 0 fully saturated rings. The van der Waals surface area contributed by atoms with E-state index in [1.165, 1.54) is 6.08 Å². The predicted octanol–water partition coefficient (Wildman–Crippen LogP) is 2.13. The highest BCUT2D eigenvalue weighted by molar-refractivity contribution is 9.10. The zero-order chi connectivity index (χ0) is 9.84. The number of hydrogen-bond acceptors (Lipinski definition) is 2. The van der Waals surface area contributed by atoms with Crippen molar-refractivity contribution in [2.24, 2.45) is 0 Å². The second kappa shape index (κ2) is 4.09. The van der Waals surface area contributed by atoms with Gasteiger partial charge in [-0.15, -0.1) is 0 Å². The molecular weight excluding hydrogens is 234 g/mol. The van der Waals surface area contributed by atoms with E-state index in [1.807, 2.05) is 0 Å². The van der Waals surface area contributed by atoms with Crippen molar-refractivity contribution >= 4 is 33.7 Å². The highest BCUT2D eigenvalue weighted by Crippen LogP contribution is 2.20. The molecule has 0 aliphatic carbocycles. The summed E-state index contributed by atoms with van der Waals surface area (Å²) in [6.45, 7) is 0. The van der Waals surface area contributed by atoms with Crippen molar-refractivity contribution in [3.63, 3.8) is 0 Å². The van der Waals surface area contributed by atoms with E-state index >= 15 is 0 Å². The summed E-state index contributed by atoms with van der Waals surface area (Å²) in [5.41, 5.74) is 6.96. The highest BCUT2D eigenvalue weighted by Gasteiger charge is 1.95. The minimum atomic E-state index is -0.971. The van der Waals surface area contributed by atoms with Gasteiger partial charge in [-0.2, -0.15) is 0 Å². The van der Waals surface area contributed by atoms with Gasteiger partial charge in [-0.25, -0.2) is 4.79 Å². The van der Waals surface area contributed by atoms with Gasteiger partial charge in [-0.3, -0.25) is 0 Å². The number of carboxylic acids is 1. The number of halogens is 1. The van der Waals surface area contributed by atoms with E-state index in [4.69, 9.17) is 10.8 Å². The molecule has 0 saturated heterocycles. The maximum atomic E-state index is 10.2. The quantitative estimate of drug-likeness (QED) is 0.616. The van der Waals surface area contributed by atoms with Crippen LogP contribution in [0.5, 0.6) is 0 Å². The largest absolute Gasteiger partial charge is 0.478 e. The average Bonchev–Trinajstić information content (AvgIpc) is 2.07. The summed E-state index contributed by atoms with van der Waals surface area (Å²) >= 11 is 3.24. The fraction of sp³-hybridized carbons (Fsp3) is 0. The van der Waals surface area contributed by atoms with Crippen LogP contribution in [-0.4, -0.2) is 11.1 Å². The van der Waals surface area contributed by atoms with E-state index in [2.05, 4.69) is 15.9 Å². The van der Waals surface area contributed by atoms with E-state index in [9.17, 15) is 4.79 Å². The lowest BCUT2D eigenvalue weighted by molar-refractivity contribution is -0.131. The van der Waals surface area contributed by atoms with Crippen molar-refractivity contribution < 1.29 is 9.90 Å². The lowest BCUT2D eigenvalue weighted by Gasteiger charge is -1.98. The molecule has 1 aromatic rings. The predicted molar refractivity (Wildman–Crippen MR) is 55.2 cm³/mol. The van der Waals surface area contributed by atoms with Gasteiger partial charge >= 0.3 is 5.97 Å². The Morgan fingerprint density at radius 3 is 2.77 bits per heavy atom. The first-order valence-corrected chi connectivity index (χ1v) is 4.35. The van der Waals surface area contributed by atoms with E-state index in [0.29, 0.717) is 5.69 Å². The van der Waals surface area contributed by atoms with Crippen LogP contribution in [0.25, 0.3) is 6.08 Å². The monoisotopic (exact) mass is 241 g/mol. The number of carboxylic acid groups (broad SMARTS) is 1. The molecule has 3 nitrogen and oxygen atoms in total. The van der Waals surface area contributed by atoms with E-state index in [0.717, 1.165) is 16.1 Å². The third kappa shape index (κ3) is 2.91. The first-order valence-electron chi connectivity index (χ1n) is 3.55. The molecule has 68 valence electrons. The normalized spacial score (nSPS) is 10.5. The third-order valence-electron chi connectivity index (χ3n) is 1.44. The van der Waals surface area contributed by atoms with Crippen molar-refractivity contribution in [3.05, 3.63) is 34.3 Å². The number of nitrogen functional groups attached to an aromatic ring is 1. The Labute approximate surface area is 84.0 Å². The molecule has 0 aliphatic rings. The Bertz CT molecular complexity index is 361. The molecule has 0 aliphatic heterocycles. The summed E-state index contributed by atoms with van der Waals surface area (Å²) in [4.78, 5) is 10.2. The van der Waals surface area contributed by atoms with Gasteiger partial charge < -0.3 is 10.8 Å². The number of nitrogens with two attached hydrogens (primary N) is 1. The van der Waals surface area contributed by atoms with Crippen molar-refractivity contribution in [2.45, 2.75) is 0 Å². The number of anilines is 1. The molecule has 0 spiro atoms. The number of hydrogen-bond donors (Lipinski definition) is 2. The summed E-state index contributed by atoms with van der Waals surface area (Å²) < 4.78 is 0.806. The van der Waals surface area contributed by atoms with E-state index < -0.39 is 5.97 Å². The van der Waals surface area contributed by atoms with Crippen LogP contribution in [0, 0.1) is 0 Å². The molecule has 0 radical (unpaired) electrons. The number of rotatable bonds is 2. The molecule has 3 N–H and O–H groups in total. The maximum absolute atomic E-state index is 10.2. The molecule has 0 saturated carbocycles. The summed E-state index contributed by atoms with van der Waals surface area (Å²) in [6.07, 6.45) is 2.56. The Kier molecular flexibility index (Phi) is 3.08. The number of benzene rings is 1. The molecule has 4 heteroatoms. The molecule has 0 aromatic heterocycles. The molecule has 1 aromatic carbocycles. The zero-order valence-corrected chi connectivity index (χ0v) is 8.28. The van der Waals surface area contributed by atoms with Gasteiger partial charge in [0.25, 0.3) is 0 Å². The summed E-state index contributed by atoms with van der Waals surface area (Å²) in [5, 5.41) is 8.37. The third-order valence-corrected chi connectivity index (χ3v) is 2.16. The molecule has 0 atom stereocenters. The second-order valence-corrected chi connectivity index (χ2v) is 3.31. The van der Waals surface area contributed by atoms with E-state index in [1.54, 1.807) is 18.2 Å². The Hall–Kier alpha value is -1.29. The SMILES string of the molecule is Nc1cc(C=CC(=O)O)ccc1Br. The second-order valence-electron chi connectivity index (χ2n) is 2.45. The van der Waals surface area contributed by atoms with Gasteiger partial charge in [0.1, 0.15) is 0 Å². The van der Waals surface area contributed by atoms with Crippen LogP contribution in [0.15, 0.2) is 28.7 Å². The van der Waals surface area contributed by atoms with Gasteiger partial charge in [0.2, 0.25) is 0 Å². The van der Waals surface area contributed by atoms with Crippen LogP contribution in [-0.2, 0) is 4.79 Å². The summed E-state index contributed by atoms with van der Waals surface area (Å²) in [7, 11) is 0. The van der Waals surface area contributed by atoms with Crippen LogP contribution in [0.1, 0.15) is 5.56 Å². The topological polar surface area (TPSA) is 63.3 Å². The number of aliphatic carboxylic acids is 1. The Morgan fingerprint density at radius 2 is 2.23 bits per heavy atom. The molecule has 0 unspecified atom stereocenters. The van der Waals surface area contributed by atoms with E-state index in [-0.39, 0.29) is 0 Å². The standard InChI is InChI=1S/C9H8BrNO2/c10-7-3-1-6(5-8(7)11)2-4-9(12)13/h1-5H,11H2,(H,12,13). The van der Waals surface area contributed by atoms with Crippen LogP contribution in [0.3, 0.4) is 0 Å². The summed E-state index contributed by atoms with van der Waals surface area (Å²) in [5.74, 6) is -0.971. The van der Waals surface area contributed by atoms with Crippen molar-refractivity contribution in [1.82, 2.24) is 0 Å². The highest BCUT2D eigenvalue weighted by atomic mass is 79.9. The minimum absolute atomic E-state index is 0.590. The first kappa shape index (κ1) is 9.80. The van der Waals surface area contributed by atoms with Crippen LogP contribution in [0.4, 0.5) is 5.69 Å². The molecule has 0 heterocycles. The minimum Gasteiger partial charge on any atom is -0.478 e. The maximum Gasteiger partial charge on any atom is 0.328 e. The van der Waals surface area contributed by atoms with Crippen molar-refractivity contribution in [2.75, 3.05) is 5.73 Å². The van der Waals surface area contributed by atoms with Gasteiger partial charge in [0.15, 0.2) is 0 Å². The smallest absolute Gasteiger partial charge is 0.328 e. The fourth-order valence-electron chi connectivity index (χ4n) is 0.833. The Morgan fingerprint density at radius 1 is 1.54 bits per heavy atom. The fourth-order valence-corrected chi connectivity index (χ4v) is 1.08. The van der Waals surface area contributed by atoms with Crippen LogP contribution >= 0.6 is 15.9 Å². The molecule has 1 rings (SSSR count). The average molecular weight is 242 g/mol. The Balaban J connectivity index is 2.92. The summed E-state index contributed by atoms with van der Waals surface area (Å²) in [6, 6.07) is 5.25. The molecule has 0 amide bonds. The molecular formula is C9H8BrNO2. The first-order chi connectivity index (χ1) is 6.09. The lowest BCUT2D eigenvalue weighted by Crippen LogP contribution is -1.88. The lowest BCUT2D eigenvalue weighted by atomic mass is 10.2. The van der Waals surface area contributed by atoms with Gasteiger partial charge in [-0.1, -0.05) is 6.07 Å². The molecule has 13 heavy (non-hydrogen) atoms. The van der Waals surface area contributed by atoms with Crippen molar-refractivity contribution in [3.8, 4) is 0 Å².